The lowest BCUT2D eigenvalue weighted by atomic mass is 9.83. The van der Waals surface area contributed by atoms with Crippen LogP contribution in [0.3, 0.4) is 0 Å². The molecule has 3 fully saturated rings. The summed E-state index contributed by atoms with van der Waals surface area (Å²) in [5.74, 6) is 0.400. The van der Waals surface area contributed by atoms with Gasteiger partial charge in [0.25, 0.3) is 0 Å². The van der Waals surface area contributed by atoms with Crippen LogP contribution in [0.1, 0.15) is 44.9 Å². The van der Waals surface area contributed by atoms with Crippen molar-refractivity contribution in [2.24, 2.45) is 0 Å². The molecule has 3 rings (SSSR count). The quantitative estimate of drug-likeness (QED) is 0.811. The van der Waals surface area contributed by atoms with Crippen LogP contribution in [0.2, 0.25) is 0 Å². The molecule has 2 amide bonds. The molecule has 0 saturated carbocycles. The Balaban J connectivity index is 1.86. The molecule has 0 aromatic heterocycles. The van der Waals surface area contributed by atoms with Gasteiger partial charge in [-0.3, -0.25) is 9.59 Å². The molecule has 112 valence electrons. The van der Waals surface area contributed by atoms with Crippen molar-refractivity contribution in [3.63, 3.8) is 0 Å². The van der Waals surface area contributed by atoms with E-state index >= 15 is 0 Å². The standard InChI is InChI=1S/C15H25N3O2/c19-13-5-1-2-12-18(13)15(6-8-16-9-7-15)14(20)17-10-3-4-11-17/h16H,1-12H2. The van der Waals surface area contributed by atoms with Crippen LogP contribution in [0, 0.1) is 0 Å². The Morgan fingerprint density at radius 2 is 1.65 bits per heavy atom. The van der Waals surface area contributed by atoms with Crippen LogP contribution in [0.15, 0.2) is 0 Å². The maximum Gasteiger partial charge on any atom is 0.248 e. The number of piperidine rings is 2. The van der Waals surface area contributed by atoms with Gasteiger partial charge in [0.05, 0.1) is 0 Å². The van der Waals surface area contributed by atoms with E-state index in [1.807, 2.05) is 9.80 Å². The van der Waals surface area contributed by atoms with Gasteiger partial charge < -0.3 is 15.1 Å². The minimum absolute atomic E-state index is 0.186. The third kappa shape index (κ3) is 2.32. The molecule has 0 spiro atoms. The van der Waals surface area contributed by atoms with Crippen LogP contribution in [0.5, 0.6) is 0 Å². The van der Waals surface area contributed by atoms with Gasteiger partial charge in [-0.1, -0.05) is 0 Å². The Labute approximate surface area is 120 Å². The summed E-state index contributed by atoms with van der Waals surface area (Å²) in [6.07, 6.45) is 6.38. The van der Waals surface area contributed by atoms with E-state index < -0.39 is 5.54 Å². The van der Waals surface area contributed by atoms with E-state index in [9.17, 15) is 9.59 Å². The summed E-state index contributed by atoms with van der Waals surface area (Å²) >= 11 is 0. The molecule has 0 bridgehead atoms. The summed E-state index contributed by atoms with van der Waals surface area (Å²) in [5.41, 5.74) is -0.549. The van der Waals surface area contributed by atoms with Gasteiger partial charge in [0.1, 0.15) is 5.54 Å². The van der Waals surface area contributed by atoms with Crippen molar-refractivity contribution < 1.29 is 9.59 Å². The van der Waals surface area contributed by atoms with Crippen molar-refractivity contribution in [1.29, 1.82) is 0 Å². The summed E-state index contributed by atoms with van der Waals surface area (Å²) in [5, 5.41) is 3.33. The summed E-state index contributed by atoms with van der Waals surface area (Å²) in [6.45, 7) is 4.18. The fourth-order valence-electron chi connectivity index (χ4n) is 3.91. The lowest BCUT2D eigenvalue weighted by molar-refractivity contribution is -0.157. The molecule has 20 heavy (non-hydrogen) atoms. The monoisotopic (exact) mass is 279 g/mol. The largest absolute Gasteiger partial charge is 0.341 e. The molecule has 3 heterocycles. The first-order chi connectivity index (χ1) is 9.74. The highest BCUT2D eigenvalue weighted by molar-refractivity contribution is 5.92. The molecule has 0 aromatic carbocycles. The van der Waals surface area contributed by atoms with Crippen molar-refractivity contribution in [2.75, 3.05) is 32.7 Å². The number of nitrogens with one attached hydrogen (secondary N) is 1. The van der Waals surface area contributed by atoms with Crippen molar-refractivity contribution in [3.05, 3.63) is 0 Å². The van der Waals surface area contributed by atoms with E-state index in [0.29, 0.717) is 6.42 Å². The number of carbonyl (C=O) groups is 2. The molecule has 0 aliphatic carbocycles. The van der Waals surface area contributed by atoms with Crippen LogP contribution in [-0.2, 0) is 9.59 Å². The molecule has 5 heteroatoms. The summed E-state index contributed by atoms with van der Waals surface area (Å²) in [4.78, 5) is 29.3. The van der Waals surface area contributed by atoms with E-state index in [2.05, 4.69) is 5.32 Å². The van der Waals surface area contributed by atoms with Gasteiger partial charge in [0, 0.05) is 26.1 Å². The average molecular weight is 279 g/mol. The highest BCUT2D eigenvalue weighted by Gasteiger charge is 2.49. The van der Waals surface area contributed by atoms with Crippen LogP contribution >= 0.6 is 0 Å². The van der Waals surface area contributed by atoms with Crippen LogP contribution in [0.25, 0.3) is 0 Å². The Hall–Kier alpha value is -1.10. The first-order valence-electron chi connectivity index (χ1n) is 8.05. The second-order valence-corrected chi connectivity index (χ2v) is 6.28. The Morgan fingerprint density at radius 3 is 2.30 bits per heavy atom. The molecule has 0 radical (unpaired) electrons. The third-order valence-electron chi connectivity index (χ3n) is 5.06. The maximum absolute atomic E-state index is 13.1. The third-order valence-corrected chi connectivity index (χ3v) is 5.06. The van der Waals surface area contributed by atoms with Gasteiger partial charge in [-0.05, 0) is 51.6 Å². The zero-order chi connectivity index (χ0) is 14.0. The van der Waals surface area contributed by atoms with Crippen LogP contribution < -0.4 is 5.32 Å². The van der Waals surface area contributed by atoms with Crippen molar-refractivity contribution in [3.8, 4) is 0 Å². The number of likely N-dealkylation sites (tertiary alicyclic amines) is 2. The smallest absolute Gasteiger partial charge is 0.248 e. The number of nitrogens with zero attached hydrogens (tertiary/aromatic N) is 2. The van der Waals surface area contributed by atoms with Gasteiger partial charge in [-0.25, -0.2) is 0 Å². The second kappa shape index (κ2) is 5.72. The summed E-state index contributed by atoms with van der Waals surface area (Å²) in [7, 11) is 0. The number of hydrogen-bond acceptors (Lipinski definition) is 3. The van der Waals surface area contributed by atoms with Crippen molar-refractivity contribution in [1.82, 2.24) is 15.1 Å². The lowest BCUT2D eigenvalue weighted by Gasteiger charge is -2.48. The molecular formula is C15H25N3O2. The fraction of sp³-hybridized carbons (Fsp3) is 0.867. The first-order valence-corrected chi connectivity index (χ1v) is 8.05. The minimum Gasteiger partial charge on any atom is -0.341 e. The molecular weight excluding hydrogens is 254 g/mol. The number of amides is 2. The topological polar surface area (TPSA) is 52.7 Å². The molecule has 0 aromatic rings. The normalized spacial score (nSPS) is 26.9. The van der Waals surface area contributed by atoms with Gasteiger partial charge in [0.2, 0.25) is 11.8 Å². The zero-order valence-corrected chi connectivity index (χ0v) is 12.2. The fourth-order valence-corrected chi connectivity index (χ4v) is 3.91. The highest BCUT2D eigenvalue weighted by Crippen LogP contribution is 2.33. The van der Waals surface area contributed by atoms with E-state index in [1.165, 1.54) is 0 Å². The van der Waals surface area contributed by atoms with Gasteiger partial charge in [-0.15, -0.1) is 0 Å². The van der Waals surface area contributed by atoms with E-state index in [-0.39, 0.29) is 11.8 Å². The Morgan fingerprint density at radius 1 is 1.00 bits per heavy atom. The number of hydrogen-bond donors (Lipinski definition) is 1. The predicted octanol–water partition coefficient (Wildman–Crippen LogP) is 0.743. The average Bonchev–Trinajstić information content (AvgIpc) is 3.02. The van der Waals surface area contributed by atoms with Gasteiger partial charge in [0.15, 0.2) is 0 Å². The van der Waals surface area contributed by atoms with E-state index in [1.54, 1.807) is 0 Å². The van der Waals surface area contributed by atoms with E-state index in [4.69, 9.17) is 0 Å². The van der Waals surface area contributed by atoms with Crippen LogP contribution in [0.4, 0.5) is 0 Å². The molecule has 1 N–H and O–H groups in total. The Bertz CT molecular complexity index is 385. The van der Waals surface area contributed by atoms with Gasteiger partial charge in [-0.2, -0.15) is 0 Å². The SMILES string of the molecule is O=C1CCCCN1C1(C(=O)N2CCCC2)CCNCC1. The van der Waals surface area contributed by atoms with Crippen molar-refractivity contribution >= 4 is 11.8 Å². The number of carbonyl (C=O) groups excluding carboxylic acids is 2. The number of rotatable bonds is 2. The molecule has 0 unspecified atom stereocenters. The highest BCUT2D eigenvalue weighted by atomic mass is 16.2. The molecule has 3 saturated heterocycles. The van der Waals surface area contributed by atoms with Crippen LogP contribution in [-0.4, -0.2) is 59.9 Å². The predicted molar refractivity (Wildman–Crippen MR) is 76.2 cm³/mol. The minimum atomic E-state index is -0.549. The Kier molecular flexibility index (Phi) is 3.96. The second-order valence-electron chi connectivity index (χ2n) is 6.28. The van der Waals surface area contributed by atoms with E-state index in [0.717, 1.165) is 71.2 Å². The molecule has 0 atom stereocenters. The van der Waals surface area contributed by atoms with Crippen molar-refractivity contribution in [2.45, 2.75) is 50.5 Å². The first kappa shape index (κ1) is 13.9. The maximum atomic E-state index is 13.1. The summed E-state index contributed by atoms with van der Waals surface area (Å²) < 4.78 is 0. The lowest BCUT2D eigenvalue weighted by Crippen LogP contribution is -2.65. The summed E-state index contributed by atoms with van der Waals surface area (Å²) in [6, 6.07) is 0. The van der Waals surface area contributed by atoms with Gasteiger partial charge >= 0.3 is 0 Å². The zero-order valence-electron chi connectivity index (χ0n) is 12.2. The molecule has 3 aliphatic rings. The molecule has 3 aliphatic heterocycles. The molecule has 5 nitrogen and oxygen atoms in total.